The number of hydrogen-bond donors (Lipinski definition) is 1. The Balaban J connectivity index is 1.75. The fraction of sp³-hybridized carbons (Fsp3) is 0.625. The van der Waals surface area contributed by atoms with Crippen molar-refractivity contribution in [2.75, 3.05) is 7.05 Å². The van der Waals surface area contributed by atoms with Crippen molar-refractivity contribution in [2.24, 2.45) is 5.41 Å². The van der Waals surface area contributed by atoms with Crippen molar-refractivity contribution >= 4 is 0 Å². The smallest absolute Gasteiger partial charge is 0.162 e. The van der Waals surface area contributed by atoms with E-state index >= 15 is 0 Å². The SMILES string of the molecule is CNC1CC(Oc2ccc(F)c(F)c2)C12CCCCC2. The van der Waals surface area contributed by atoms with E-state index in [1.165, 1.54) is 25.3 Å². The molecule has 3 rings (SSSR count). The fourth-order valence-electron chi connectivity index (χ4n) is 3.91. The second kappa shape index (κ2) is 5.32. The van der Waals surface area contributed by atoms with Crippen molar-refractivity contribution < 1.29 is 13.5 Å². The lowest BCUT2D eigenvalue weighted by atomic mass is 9.55. The molecule has 2 aliphatic carbocycles. The second-order valence-corrected chi connectivity index (χ2v) is 6.05. The lowest BCUT2D eigenvalue weighted by Crippen LogP contribution is -2.64. The van der Waals surface area contributed by atoms with Crippen LogP contribution in [0, 0.1) is 17.0 Å². The van der Waals surface area contributed by atoms with E-state index in [0.717, 1.165) is 31.4 Å². The predicted octanol–water partition coefficient (Wildman–Crippen LogP) is 3.65. The molecule has 2 fully saturated rings. The summed E-state index contributed by atoms with van der Waals surface area (Å²) in [5.41, 5.74) is 0.178. The highest BCUT2D eigenvalue weighted by Gasteiger charge is 2.55. The van der Waals surface area contributed by atoms with Crippen molar-refractivity contribution in [1.82, 2.24) is 5.32 Å². The zero-order chi connectivity index (χ0) is 14.2. The van der Waals surface area contributed by atoms with Gasteiger partial charge in [-0.3, -0.25) is 0 Å². The number of benzene rings is 1. The molecule has 0 radical (unpaired) electrons. The molecule has 1 aromatic carbocycles. The molecule has 2 aliphatic rings. The predicted molar refractivity (Wildman–Crippen MR) is 73.8 cm³/mol. The molecular weight excluding hydrogens is 260 g/mol. The van der Waals surface area contributed by atoms with E-state index in [1.54, 1.807) is 0 Å². The Morgan fingerprint density at radius 2 is 1.90 bits per heavy atom. The van der Waals surface area contributed by atoms with Crippen LogP contribution in [-0.4, -0.2) is 19.2 Å². The minimum absolute atomic E-state index is 0.116. The molecule has 2 nitrogen and oxygen atoms in total. The van der Waals surface area contributed by atoms with Gasteiger partial charge in [0, 0.05) is 23.9 Å². The van der Waals surface area contributed by atoms with E-state index in [-0.39, 0.29) is 11.5 Å². The van der Waals surface area contributed by atoms with E-state index < -0.39 is 11.6 Å². The lowest BCUT2D eigenvalue weighted by Gasteiger charge is -2.57. The maximum absolute atomic E-state index is 13.3. The Labute approximate surface area is 118 Å². The van der Waals surface area contributed by atoms with Crippen LogP contribution >= 0.6 is 0 Å². The average Bonchev–Trinajstić information content (AvgIpc) is 2.47. The molecule has 0 aromatic heterocycles. The third-order valence-electron chi connectivity index (χ3n) is 5.09. The monoisotopic (exact) mass is 281 g/mol. The second-order valence-electron chi connectivity index (χ2n) is 6.05. The highest BCUT2D eigenvalue weighted by Crippen LogP contribution is 2.53. The fourth-order valence-corrected chi connectivity index (χ4v) is 3.91. The molecule has 1 spiro atoms. The molecule has 110 valence electrons. The summed E-state index contributed by atoms with van der Waals surface area (Å²) in [6.07, 6.45) is 7.13. The molecule has 0 saturated heterocycles. The van der Waals surface area contributed by atoms with Gasteiger partial charge in [0.1, 0.15) is 11.9 Å². The van der Waals surface area contributed by atoms with Crippen molar-refractivity contribution in [1.29, 1.82) is 0 Å². The van der Waals surface area contributed by atoms with Crippen LogP contribution in [0.5, 0.6) is 5.75 Å². The molecule has 0 amide bonds. The van der Waals surface area contributed by atoms with Gasteiger partial charge in [0.05, 0.1) is 0 Å². The van der Waals surface area contributed by atoms with Gasteiger partial charge in [0.2, 0.25) is 0 Å². The zero-order valence-electron chi connectivity index (χ0n) is 11.8. The Bertz CT molecular complexity index is 485. The molecule has 2 atom stereocenters. The summed E-state index contributed by atoms with van der Waals surface area (Å²) in [4.78, 5) is 0. The van der Waals surface area contributed by atoms with E-state index in [2.05, 4.69) is 5.32 Å². The first kappa shape index (κ1) is 13.8. The number of ether oxygens (including phenoxy) is 1. The third kappa shape index (κ3) is 2.20. The van der Waals surface area contributed by atoms with Crippen LogP contribution in [-0.2, 0) is 0 Å². The molecule has 4 heteroatoms. The van der Waals surface area contributed by atoms with Crippen molar-refractivity contribution in [2.45, 2.75) is 50.7 Å². The highest BCUT2D eigenvalue weighted by atomic mass is 19.2. The molecule has 0 aliphatic heterocycles. The first-order valence-corrected chi connectivity index (χ1v) is 7.45. The molecule has 0 heterocycles. The Kier molecular flexibility index (Phi) is 3.67. The Morgan fingerprint density at radius 1 is 1.15 bits per heavy atom. The van der Waals surface area contributed by atoms with Crippen LogP contribution in [0.25, 0.3) is 0 Å². The van der Waals surface area contributed by atoms with Crippen LogP contribution in [0.1, 0.15) is 38.5 Å². The summed E-state index contributed by atoms with van der Waals surface area (Å²) in [5, 5.41) is 3.38. The van der Waals surface area contributed by atoms with E-state index in [1.807, 2.05) is 7.05 Å². The topological polar surface area (TPSA) is 21.3 Å². The van der Waals surface area contributed by atoms with Gasteiger partial charge in [-0.05, 0) is 32.0 Å². The summed E-state index contributed by atoms with van der Waals surface area (Å²) in [5.74, 6) is -1.23. The summed E-state index contributed by atoms with van der Waals surface area (Å²) < 4.78 is 32.2. The number of halogens is 2. The molecule has 2 unspecified atom stereocenters. The van der Waals surface area contributed by atoms with E-state index in [0.29, 0.717) is 11.8 Å². The summed E-state index contributed by atoms with van der Waals surface area (Å²) in [6.45, 7) is 0. The van der Waals surface area contributed by atoms with Gasteiger partial charge in [-0.25, -0.2) is 8.78 Å². The van der Waals surface area contributed by atoms with Crippen LogP contribution in [0.2, 0.25) is 0 Å². The van der Waals surface area contributed by atoms with Gasteiger partial charge in [0.15, 0.2) is 11.6 Å². The first-order valence-electron chi connectivity index (χ1n) is 7.45. The zero-order valence-corrected chi connectivity index (χ0v) is 11.8. The summed E-state index contributed by atoms with van der Waals surface area (Å²) in [7, 11) is 1.99. The summed E-state index contributed by atoms with van der Waals surface area (Å²) >= 11 is 0. The Morgan fingerprint density at radius 3 is 2.55 bits per heavy atom. The first-order chi connectivity index (χ1) is 9.65. The molecule has 1 N–H and O–H groups in total. The van der Waals surface area contributed by atoms with Crippen LogP contribution < -0.4 is 10.1 Å². The van der Waals surface area contributed by atoms with E-state index in [4.69, 9.17) is 4.74 Å². The minimum Gasteiger partial charge on any atom is -0.490 e. The van der Waals surface area contributed by atoms with Crippen LogP contribution in [0.4, 0.5) is 8.78 Å². The number of hydrogen-bond acceptors (Lipinski definition) is 2. The lowest BCUT2D eigenvalue weighted by molar-refractivity contribution is -0.101. The van der Waals surface area contributed by atoms with Crippen LogP contribution in [0.15, 0.2) is 18.2 Å². The standard InChI is InChI=1S/C16H21F2NO/c1-19-14-10-15(16(14)7-3-2-4-8-16)20-11-5-6-12(17)13(18)9-11/h5-6,9,14-15,19H,2-4,7-8,10H2,1H3. The highest BCUT2D eigenvalue weighted by molar-refractivity contribution is 5.25. The summed E-state index contributed by atoms with van der Waals surface area (Å²) in [6, 6.07) is 4.28. The van der Waals surface area contributed by atoms with Gasteiger partial charge in [-0.15, -0.1) is 0 Å². The maximum Gasteiger partial charge on any atom is 0.162 e. The molecule has 0 bridgehead atoms. The van der Waals surface area contributed by atoms with Crippen molar-refractivity contribution in [3.63, 3.8) is 0 Å². The number of rotatable bonds is 3. The minimum atomic E-state index is -0.843. The third-order valence-corrected chi connectivity index (χ3v) is 5.09. The maximum atomic E-state index is 13.3. The van der Waals surface area contributed by atoms with Gasteiger partial charge < -0.3 is 10.1 Å². The van der Waals surface area contributed by atoms with Gasteiger partial charge in [0.25, 0.3) is 0 Å². The van der Waals surface area contributed by atoms with Crippen molar-refractivity contribution in [3.8, 4) is 5.75 Å². The Hall–Kier alpha value is -1.16. The quantitative estimate of drug-likeness (QED) is 0.913. The van der Waals surface area contributed by atoms with E-state index in [9.17, 15) is 8.78 Å². The molecule has 1 aromatic rings. The molecule has 2 saturated carbocycles. The largest absolute Gasteiger partial charge is 0.490 e. The van der Waals surface area contributed by atoms with Gasteiger partial charge >= 0.3 is 0 Å². The molecule has 20 heavy (non-hydrogen) atoms. The number of nitrogens with one attached hydrogen (secondary N) is 1. The average molecular weight is 281 g/mol. The van der Waals surface area contributed by atoms with Gasteiger partial charge in [-0.1, -0.05) is 19.3 Å². The normalized spacial score (nSPS) is 28.1. The van der Waals surface area contributed by atoms with Crippen molar-refractivity contribution in [3.05, 3.63) is 29.8 Å². The molecular formula is C16H21F2NO. The van der Waals surface area contributed by atoms with Gasteiger partial charge in [-0.2, -0.15) is 0 Å². The van der Waals surface area contributed by atoms with Crippen LogP contribution in [0.3, 0.4) is 0 Å².